The van der Waals surface area contributed by atoms with Crippen LogP contribution in [0, 0.1) is 0 Å². The highest BCUT2D eigenvalue weighted by Crippen LogP contribution is 2.58. The third kappa shape index (κ3) is 14.2. The molecule has 0 amide bonds. The molecule has 1 fully saturated rings. The summed E-state index contributed by atoms with van der Waals surface area (Å²) in [4.78, 5) is 30.1. The summed E-state index contributed by atoms with van der Waals surface area (Å²) in [6, 6.07) is 148. The van der Waals surface area contributed by atoms with Crippen LogP contribution in [0.5, 0.6) is 23.0 Å². The largest absolute Gasteiger partial charge is 0.494 e. The maximum atomic E-state index is 6.58. The van der Waals surface area contributed by atoms with Gasteiger partial charge in [0.2, 0.25) is 0 Å². The summed E-state index contributed by atoms with van der Waals surface area (Å²) in [5.74, 6) is 7.27. The van der Waals surface area contributed by atoms with Gasteiger partial charge in [0.1, 0.15) is 23.0 Å². The minimum Gasteiger partial charge on any atom is -0.457 e. The zero-order valence-electron chi connectivity index (χ0n) is 69.7. The van der Waals surface area contributed by atoms with Crippen molar-refractivity contribution in [3.05, 3.63) is 474 Å². The number of benzene rings is 18. The van der Waals surface area contributed by atoms with Gasteiger partial charge in [-0.15, -0.1) is 0 Å². The molecule has 0 unspecified atom stereocenters. The van der Waals surface area contributed by atoms with E-state index in [0.29, 0.717) is 34.9 Å². The summed E-state index contributed by atoms with van der Waals surface area (Å²) in [5, 5.41) is 9.66. The first-order valence-electron chi connectivity index (χ1n) is 42.6. The molecule has 23 rings (SSSR count). The quantitative estimate of drug-likeness (QED) is 0.0865. The number of nitrogens with zero attached hydrogens (tertiary/aromatic N) is 6. The lowest BCUT2D eigenvalue weighted by Gasteiger charge is -2.41. The van der Waals surface area contributed by atoms with Crippen LogP contribution in [0.3, 0.4) is 0 Å². The van der Waals surface area contributed by atoms with Crippen LogP contribution in [-0.4, -0.2) is 48.2 Å². The SMILES string of the molecule is Brc1ccccc1-c1nc(-c2ccccc2)nc(-c2ccc3c(ccc4ccccc43)c2)n1.CC1(C)OB(c2cccc(C3(c4ccccc4)c4ccccc4Oc4ccccc43)c2)OC1(C)C.c1ccc(-c2nc(-c3ccc4c(ccc5ccccc54)c3)nc(-c3ccccc3-c3cccc(C4(c5ccccc5)c5ccccc5Oc5ccccc54)c3)n2)cc1. The zero-order valence-corrected chi connectivity index (χ0v) is 71.3. The molecule has 12 heteroatoms. The number of hydrogen-bond donors (Lipinski definition) is 0. The third-order valence-electron chi connectivity index (χ3n) is 25.1. The average Bonchev–Trinajstić information content (AvgIpc) is 0.734. The second-order valence-electron chi connectivity index (χ2n) is 33.0. The van der Waals surface area contributed by atoms with Crippen LogP contribution in [0.25, 0.3) is 123 Å². The molecule has 3 aliphatic rings. The van der Waals surface area contributed by atoms with E-state index in [1.54, 1.807) is 0 Å². The van der Waals surface area contributed by atoms with E-state index in [1.165, 1.54) is 43.4 Å². The van der Waals surface area contributed by atoms with Gasteiger partial charge in [0, 0.05) is 60.1 Å². The summed E-state index contributed by atoms with van der Waals surface area (Å²) in [6.07, 6.45) is 0. The number of halogens is 1. The van der Waals surface area contributed by atoms with E-state index in [1.807, 2.05) is 97.1 Å². The molecule has 0 aliphatic carbocycles. The van der Waals surface area contributed by atoms with E-state index in [4.69, 9.17) is 48.7 Å². The summed E-state index contributed by atoms with van der Waals surface area (Å²) in [7, 11) is -0.432. The van der Waals surface area contributed by atoms with Gasteiger partial charge in [0.15, 0.2) is 34.9 Å². The van der Waals surface area contributed by atoms with E-state index in [9.17, 15) is 0 Å². The zero-order chi connectivity index (χ0) is 84.9. The Morgan fingerprint density at radius 1 is 0.230 bits per heavy atom. The Labute approximate surface area is 740 Å². The number of hydrogen-bond acceptors (Lipinski definition) is 10. The van der Waals surface area contributed by atoms with E-state index < -0.39 is 29.2 Å². The maximum absolute atomic E-state index is 6.58. The molecule has 10 nitrogen and oxygen atoms in total. The number of para-hydroxylation sites is 4. The van der Waals surface area contributed by atoms with Crippen LogP contribution in [0.4, 0.5) is 0 Å². The van der Waals surface area contributed by atoms with Crippen molar-refractivity contribution in [1.82, 2.24) is 29.9 Å². The summed E-state index contributed by atoms with van der Waals surface area (Å²) in [6.45, 7) is 8.36. The Hall–Kier alpha value is -14.9. The number of fused-ring (bicyclic) bond motifs is 10. The fourth-order valence-corrected chi connectivity index (χ4v) is 18.8. The van der Waals surface area contributed by atoms with Crippen molar-refractivity contribution in [3.63, 3.8) is 0 Å². The van der Waals surface area contributed by atoms with Gasteiger partial charge in [0.05, 0.1) is 22.0 Å². The molecule has 5 heterocycles. The Balaban J connectivity index is 0.000000123. The minimum absolute atomic E-state index is 0.400. The highest BCUT2D eigenvalue weighted by atomic mass is 79.9. The van der Waals surface area contributed by atoms with Crippen molar-refractivity contribution in [2.75, 3.05) is 0 Å². The standard InChI is InChI=1S/C54H35N3O.C31H29BO3.C29H18BrN3/c1-3-17-37(18-4-1)51-55-52(40-32-33-45-39(34-40)31-30-36-16-7-8-23-43(36)45)57-53(56-51)46-25-10-9-24-44(46)38-19-15-22-42(35-38)54(41-20-5-2-6-21-41)47-26-11-13-28-49(47)58-50-29-14-12-27-48(50)54;1-29(2)30(3,4)35-32(34-29)24-16-12-15-23(21-24)31(22-13-6-5-7-14-22)25-17-8-10-19-27(25)33-28-20-11-9-18-26(28)31;30-26-13-7-6-12-25(26)29-32-27(20-9-2-1-3-10-20)31-28(33-29)22-16-17-24-21(18-22)15-14-19-8-4-5-11-23(19)24/h1-35H;5-21H,1-4H3;1-18H. The van der Waals surface area contributed by atoms with Crippen LogP contribution in [0.1, 0.15) is 72.2 Å². The highest BCUT2D eigenvalue weighted by molar-refractivity contribution is 9.10. The fraction of sp³-hybridized carbons (Fsp3) is 0.0702. The number of ether oxygens (including phenoxy) is 2. The van der Waals surface area contributed by atoms with Crippen molar-refractivity contribution in [2.24, 2.45) is 0 Å². The van der Waals surface area contributed by atoms with Crippen LogP contribution < -0.4 is 14.9 Å². The number of rotatable bonds is 12. The van der Waals surface area contributed by atoms with Gasteiger partial charge in [-0.3, -0.25) is 0 Å². The predicted octanol–water partition coefficient (Wildman–Crippen LogP) is 27.8. The Bertz CT molecular complexity index is 7440. The van der Waals surface area contributed by atoms with Gasteiger partial charge in [0.25, 0.3) is 0 Å². The first kappa shape index (κ1) is 78.3. The van der Waals surface area contributed by atoms with Crippen molar-refractivity contribution < 1.29 is 18.8 Å². The molecule has 3 aliphatic heterocycles. The molecule has 20 aromatic rings. The van der Waals surface area contributed by atoms with Gasteiger partial charge >= 0.3 is 7.12 Å². The molecule has 602 valence electrons. The van der Waals surface area contributed by atoms with Gasteiger partial charge in [-0.2, -0.15) is 0 Å². The summed E-state index contributed by atoms with van der Waals surface area (Å²) >= 11 is 3.65. The Kier molecular flexibility index (Phi) is 20.3. The van der Waals surface area contributed by atoms with E-state index in [-0.39, 0.29) is 0 Å². The third-order valence-corrected chi connectivity index (χ3v) is 25.8. The van der Waals surface area contributed by atoms with Crippen LogP contribution in [0.15, 0.2) is 429 Å². The lowest BCUT2D eigenvalue weighted by Crippen LogP contribution is -2.41. The molecular weight excluding hydrogens is 1610 g/mol. The molecule has 18 aromatic carbocycles. The normalized spacial score (nSPS) is 14.1. The van der Waals surface area contributed by atoms with E-state index in [0.717, 1.165) is 122 Å². The molecule has 2 aromatic heterocycles. The molecule has 0 spiro atoms. The number of aromatic nitrogens is 6. The molecule has 0 atom stereocenters. The van der Waals surface area contributed by atoms with Gasteiger partial charge in [-0.25, -0.2) is 29.9 Å². The maximum Gasteiger partial charge on any atom is 0.494 e. The smallest absolute Gasteiger partial charge is 0.457 e. The molecule has 0 radical (unpaired) electrons. The summed E-state index contributed by atoms with van der Waals surface area (Å²) < 4.78 is 26.8. The molecule has 0 bridgehead atoms. The van der Waals surface area contributed by atoms with Crippen LogP contribution in [-0.2, 0) is 20.1 Å². The van der Waals surface area contributed by atoms with Crippen molar-refractivity contribution in [3.8, 4) is 102 Å². The molecule has 0 saturated carbocycles. The van der Waals surface area contributed by atoms with Crippen molar-refractivity contribution in [1.29, 1.82) is 0 Å². The predicted molar refractivity (Wildman–Crippen MR) is 514 cm³/mol. The molecule has 126 heavy (non-hydrogen) atoms. The van der Waals surface area contributed by atoms with Crippen LogP contribution in [0.2, 0.25) is 0 Å². The topological polar surface area (TPSA) is 114 Å². The lowest BCUT2D eigenvalue weighted by atomic mass is 9.62. The average molecular weight is 1690 g/mol. The van der Waals surface area contributed by atoms with Crippen molar-refractivity contribution >= 4 is 71.6 Å². The monoisotopic (exact) mass is 1690 g/mol. The second kappa shape index (κ2) is 32.7. The first-order chi connectivity index (χ1) is 61.8. The Morgan fingerprint density at radius 2 is 0.556 bits per heavy atom. The lowest BCUT2D eigenvalue weighted by molar-refractivity contribution is 0.00578. The van der Waals surface area contributed by atoms with E-state index in [2.05, 4.69) is 371 Å². The van der Waals surface area contributed by atoms with Crippen LogP contribution >= 0.6 is 15.9 Å². The second-order valence-corrected chi connectivity index (χ2v) is 33.9. The van der Waals surface area contributed by atoms with Gasteiger partial charge in [-0.05, 0) is 158 Å². The summed E-state index contributed by atoms with van der Waals surface area (Å²) in [5.41, 5.74) is 15.9. The van der Waals surface area contributed by atoms with E-state index >= 15 is 0 Å². The van der Waals surface area contributed by atoms with Gasteiger partial charge < -0.3 is 18.8 Å². The Morgan fingerprint density at radius 3 is 1.02 bits per heavy atom. The highest BCUT2D eigenvalue weighted by Gasteiger charge is 2.53. The molecule has 1 saturated heterocycles. The fourth-order valence-electron chi connectivity index (χ4n) is 18.3. The molecule has 0 N–H and O–H groups in total. The van der Waals surface area contributed by atoms with Gasteiger partial charge in [-0.1, -0.05) is 392 Å². The van der Waals surface area contributed by atoms with Crippen molar-refractivity contribution in [2.45, 2.75) is 49.7 Å². The minimum atomic E-state index is -0.639. The first-order valence-corrected chi connectivity index (χ1v) is 43.4. The molecular formula is C114H82BBrN6O4.